The number of nitrogens with zero attached hydrogens (tertiary/aromatic N) is 1. The van der Waals surface area contributed by atoms with E-state index in [1.54, 1.807) is 31.5 Å². The van der Waals surface area contributed by atoms with Crippen LogP contribution in [0.1, 0.15) is 23.0 Å². The summed E-state index contributed by atoms with van der Waals surface area (Å²) in [6.07, 6.45) is 2.36. The number of benzene rings is 2. The normalized spacial score (nSPS) is 14.6. The summed E-state index contributed by atoms with van der Waals surface area (Å²) in [6.45, 7) is 1.00. The molecule has 0 amide bonds. The number of pyridine rings is 1. The van der Waals surface area contributed by atoms with Crippen LogP contribution in [0.2, 0.25) is 0 Å². The highest BCUT2D eigenvalue weighted by Crippen LogP contribution is 2.37. The van der Waals surface area contributed by atoms with Crippen LogP contribution in [0.3, 0.4) is 0 Å². The smallest absolute Gasteiger partial charge is 0.241 e. The number of sulfonamides is 1. The van der Waals surface area contributed by atoms with Crippen LogP contribution in [0.4, 0.5) is 0 Å². The number of rotatable bonds is 6. The van der Waals surface area contributed by atoms with Gasteiger partial charge in [0.05, 0.1) is 25.2 Å². The molecule has 2 aromatic heterocycles. The number of fused-ring (bicyclic) bond motifs is 2. The van der Waals surface area contributed by atoms with Gasteiger partial charge in [0.25, 0.3) is 0 Å². The zero-order valence-electron chi connectivity index (χ0n) is 17.9. The molecule has 0 radical (unpaired) electrons. The minimum absolute atomic E-state index is 0.0905. The highest BCUT2D eigenvalue weighted by atomic mass is 32.2. The molecule has 1 atom stereocenters. The molecule has 1 aliphatic heterocycles. The van der Waals surface area contributed by atoms with Gasteiger partial charge in [0, 0.05) is 28.3 Å². The van der Waals surface area contributed by atoms with Gasteiger partial charge in [-0.15, -0.1) is 11.3 Å². The minimum Gasteiger partial charge on any atom is -0.495 e. The summed E-state index contributed by atoms with van der Waals surface area (Å²) in [5, 5.41) is 1.03. The number of thiophene rings is 1. The second-order valence-electron chi connectivity index (χ2n) is 7.49. The molecule has 0 spiro atoms. The quantitative estimate of drug-likeness (QED) is 0.434. The van der Waals surface area contributed by atoms with Crippen molar-refractivity contribution in [1.82, 2.24) is 9.71 Å². The topological polar surface area (TPSA) is 86.8 Å². The Morgan fingerprint density at radius 3 is 2.67 bits per heavy atom. The van der Waals surface area contributed by atoms with Gasteiger partial charge in [0.15, 0.2) is 11.5 Å². The van der Waals surface area contributed by atoms with E-state index in [0.717, 1.165) is 21.4 Å². The molecule has 0 saturated heterocycles. The van der Waals surface area contributed by atoms with Gasteiger partial charge >= 0.3 is 0 Å². The fraction of sp³-hybridized carbons (Fsp3) is 0.208. The molecule has 2 aromatic carbocycles. The van der Waals surface area contributed by atoms with Crippen LogP contribution < -0.4 is 18.9 Å². The maximum absolute atomic E-state index is 13.5. The third-order valence-corrected chi connectivity index (χ3v) is 7.93. The summed E-state index contributed by atoms with van der Waals surface area (Å²) in [5.41, 5.74) is 0.490. The second kappa shape index (κ2) is 9.01. The van der Waals surface area contributed by atoms with Gasteiger partial charge in [-0.25, -0.2) is 8.42 Å². The fourth-order valence-corrected chi connectivity index (χ4v) is 6.11. The lowest BCUT2D eigenvalue weighted by molar-refractivity contribution is 0.297. The van der Waals surface area contributed by atoms with Crippen molar-refractivity contribution in [2.45, 2.75) is 17.4 Å². The summed E-state index contributed by atoms with van der Waals surface area (Å²) < 4.78 is 47.7. The molecule has 0 aliphatic carbocycles. The molecule has 0 fully saturated rings. The molecule has 33 heavy (non-hydrogen) atoms. The van der Waals surface area contributed by atoms with Gasteiger partial charge in [-0.2, -0.15) is 4.72 Å². The van der Waals surface area contributed by atoms with Crippen LogP contribution >= 0.6 is 11.3 Å². The Morgan fingerprint density at radius 1 is 1.03 bits per heavy atom. The lowest BCUT2D eigenvalue weighted by atomic mass is 10.1. The van der Waals surface area contributed by atoms with Crippen molar-refractivity contribution in [1.29, 1.82) is 0 Å². The minimum atomic E-state index is -3.94. The summed E-state index contributed by atoms with van der Waals surface area (Å²) in [5.74, 6) is 1.46. The Balaban J connectivity index is 1.57. The molecule has 4 aromatic rings. The molecular weight excluding hydrogens is 460 g/mol. The number of aromatic nitrogens is 1. The molecule has 1 aliphatic rings. The van der Waals surface area contributed by atoms with Gasteiger partial charge < -0.3 is 14.2 Å². The van der Waals surface area contributed by atoms with E-state index < -0.39 is 16.1 Å². The number of nitrogens with one attached hydrogen (secondary N) is 1. The first-order valence-electron chi connectivity index (χ1n) is 10.4. The van der Waals surface area contributed by atoms with E-state index in [1.165, 1.54) is 23.5 Å². The van der Waals surface area contributed by atoms with Crippen molar-refractivity contribution in [3.8, 4) is 17.2 Å². The van der Waals surface area contributed by atoms with Crippen molar-refractivity contribution in [3.63, 3.8) is 0 Å². The van der Waals surface area contributed by atoms with Gasteiger partial charge in [-0.1, -0.05) is 18.2 Å². The zero-order chi connectivity index (χ0) is 22.8. The Bertz CT molecular complexity index is 1370. The van der Waals surface area contributed by atoms with Crippen LogP contribution in [0.25, 0.3) is 10.1 Å². The van der Waals surface area contributed by atoms with Crippen molar-refractivity contribution < 1.29 is 22.6 Å². The maximum Gasteiger partial charge on any atom is 0.241 e. The van der Waals surface area contributed by atoms with E-state index in [2.05, 4.69) is 9.71 Å². The Labute approximate surface area is 196 Å². The van der Waals surface area contributed by atoms with E-state index >= 15 is 0 Å². The number of ether oxygens (including phenoxy) is 3. The Hall–Kier alpha value is -3.14. The van der Waals surface area contributed by atoms with Crippen molar-refractivity contribution in [2.24, 2.45) is 0 Å². The highest BCUT2D eigenvalue weighted by Gasteiger charge is 2.29. The highest BCUT2D eigenvalue weighted by molar-refractivity contribution is 7.89. The molecule has 0 saturated carbocycles. The Kier molecular flexibility index (Phi) is 5.92. The summed E-state index contributed by atoms with van der Waals surface area (Å²) in [4.78, 5) is 5.37. The van der Waals surface area contributed by atoms with Crippen LogP contribution in [0.15, 0.2) is 71.8 Å². The van der Waals surface area contributed by atoms with Crippen LogP contribution in [-0.4, -0.2) is 33.7 Å². The number of methoxy groups -OCH3 is 1. The first-order chi connectivity index (χ1) is 16.0. The number of hydrogen-bond donors (Lipinski definition) is 1. The van der Waals surface area contributed by atoms with E-state index in [0.29, 0.717) is 36.2 Å². The largest absolute Gasteiger partial charge is 0.495 e. The fourth-order valence-electron chi connectivity index (χ4n) is 3.72. The van der Waals surface area contributed by atoms with E-state index in [9.17, 15) is 8.42 Å². The molecular formula is C24H22N2O5S2. The van der Waals surface area contributed by atoms with Crippen molar-refractivity contribution in [2.75, 3.05) is 20.3 Å². The molecule has 1 N–H and O–H groups in total. The molecule has 0 unspecified atom stereocenters. The zero-order valence-corrected chi connectivity index (χ0v) is 19.5. The molecule has 7 nitrogen and oxygen atoms in total. The molecule has 3 heterocycles. The first-order valence-corrected chi connectivity index (χ1v) is 12.7. The molecule has 170 valence electrons. The van der Waals surface area contributed by atoms with Crippen LogP contribution in [-0.2, 0) is 10.0 Å². The third-order valence-electron chi connectivity index (χ3n) is 5.32. The third kappa shape index (κ3) is 4.39. The summed E-state index contributed by atoms with van der Waals surface area (Å²) in [7, 11) is -2.40. The van der Waals surface area contributed by atoms with E-state index in [4.69, 9.17) is 14.2 Å². The monoisotopic (exact) mass is 482 g/mol. The SMILES string of the molecule is COc1cccnc1[C@H](NS(=O)(=O)c1ccc2c(c1)OCCCO2)c1cc2ccccc2s1. The van der Waals surface area contributed by atoms with Crippen LogP contribution in [0.5, 0.6) is 17.2 Å². The average molecular weight is 483 g/mol. The van der Waals surface area contributed by atoms with Gasteiger partial charge in [-0.05, 0) is 41.8 Å². The van der Waals surface area contributed by atoms with Gasteiger partial charge in [0.2, 0.25) is 10.0 Å². The molecule has 0 bridgehead atoms. The molecule has 5 rings (SSSR count). The standard InChI is InChI=1S/C24H22N2O5S2/c1-29-19-7-4-11-25-23(19)24(22-14-16-6-2-3-8-21(16)32-22)26-33(27,28)17-9-10-18-20(15-17)31-13-5-12-30-18/h2-4,6-11,14-15,24,26H,5,12-13H2,1H3/t24-/m1/s1. The van der Waals surface area contributed by atoms with Gasteiger partial charge in [0.1, 0.15) is 17.5 Å². The predicted molar refractivity (Wildman–Crippen MR) is 127 cm³/mol. The summed E-state index contributed by atoms with van der Waals surface area (Å²) in [6, 6.07) is 17.3. The van der Waals surface area contributed by atoms with Gasteiger partial charge in [-0.3, -0.25) is 4.98 Å². The maximum atomic E-state index is 13.5. The average Bonchev–Trinajstić information content (AvgIpc) is 3.12. The predicted octanol–water partition coefficient (Wildman–Crippen LogP) is 4.53. The first kappa shape index (κ1) is 21.7. The lowest BCUT2D eigenvalue weighted by Gasteiger charge is -2.20. The van der Waals surface area contributed by atoms with E-state index in [-0.39, 0.29) is 4.90 Å². The number of hydrogen-bond acceptors (Lipinski definition) is 7. The van der Waals surface area contributed by atoms with Crippen molar-refractivity contribution >= 4 is 31.4 Å². The van der Waals surface area contributed by atoms with Crippen LogP contribution in [0, 0.1) is 0 Å². The van der Waals surface area contributed by atoms with E-state index in [1.807, 2.05) is 30.3 Å². The second-order valence-corrected chi connectivity index (χ2v) is 10.3. The molecule has 9 heteroatoms. The summed E-state index contributed by atoms with van der Waals surface area (Å²) >= 11 is 1.51. The van der Waals surface area contributed by atoms with Crippen molar-refractivity contribution in [3.05, 3.63) is 77.4 Å². The lowest BCUT2D eigenvalue weighted by Crippen LogP contribution is -2.30. The Morgan fingerprint density at radius 2 is 1.85 bits per heavy atom.